The van der Waals surface area contributed by atoms with Gasteiger partial charge in [-0.15, -0.1) is 5.10 Å². The molecular weight excluding hydrogens is 360 g/mol. The molecule has 0 aromatic carbocycles. The fourth-order valence-electron chi connectivity index (χ4n) is 3.01. The van der Waals surface area contributed by atoms with Gasteiger partial charge < -0.3 is 20.7 Å². The first kappa shape index (κ1) is 18.9. The summed E-state index contributed by atoms with van der Waals surface area (Å²) >= 11 is 0. The summed E-state index contributed by atoms with van der Waals surface area (Å²) in [5.41, 5.74) is 5.16. The maximum Gasteiger partial charge on any atom is 0.330 e. The SMILES string of the molecule is Cc1cn([C@H]2C[C@H](n3cc(C[C@H](N)C(=O)O)nn3)[C@@H](CO)O2)c(=O)[nH]c1=O. The largest absolute Gasteiger partial charge is 0.480 e. The number of aryl methyl sites for hydroxylation is 1. The van der Waals surface area contributed by atoms with E-state index in [2.05, 4.69) is 15.3 Å². The van der Waals surface area contributed by atoms with Crippen molar-refractivity contribution in [3.8, 4) is 0 Å². The van der Waals surface area contributed by atoms with E-state index >= 15 is 0 Å². The fraction of sp³-hybridized carbons (Fsp3) is 0.533. The van der Waals surface area contributed by atoms with Gasteiger partial charge in [-0.05, 0) is 6.92 Å². The Morgan fingerprint density at radius 1 is 1.48 bits per heavy atom. The molecule has 27 heavy (non-hydrogen) atoms. The van der Waals surface area contributed by atoms with Crippen LogP contribution >= 0.6 is 0 Å². The molecule has 0 bridgehead atoms. The summed E-state index contributed by atoms with van der Waals surface area (Å²) in [6.45, 7) is 1.25. The van der Waals surface area contributed by atoms with Gasteiger partial charge in [0.25, 0.3) is 5.56 Å². The van der Waals surface area contributed by atoms with E-state index in [-0.39, 0.29) is 13.0 Å². The third-order valence-electron chi connectivity index (χ3n) is 4.48. The second-order valence-electron chi connectivity index (χ2n) is 6.43. The predicted octanol–water partition coefficient (Wildman–Crippen LogP) is -2.09. The van der Waals surface area contributed by atoms with Crippen LogP contribution in [0.15, 0.2) is 22.0 Å². The van der Waals surface area contributed by atoms with Crippen LogP contribution in [0, 0.1) is 6.92 Å². The van der Waals surface area contributed by atoms with Gasteiger partial charge in [0.15, 0.2) is 0 Å². The summed E-state index contributed by atoms with van der Waals surface area (Å²) in [4.78, 5) is 36.7. The van der Waals surface area contributed by atoms with Crippen molar-refractivity contribution in [1.82, 2.24) is 24.5 Å². The molecule has 0 unspecified atom stereocenters. The van der Waals surface area contributed by atoms with Gasteiger partial charge in [-0.2, -0.15) is 0 Å². The fourth-order valence-corrected chi connectivity index (χ4v) is 3.01. The topological polar surface area (TPSA) is 178 Å². The van der Waals surface area contributed by atoms with E-state index < -0.39 is 41.6 Å². The molecule has 12 nitrogen and oxygen atoms in total. The molecule has 1 aliphatic heterocycles. The Bertz CT molecular complexity index is 949. The zero-order valence-corrected chi connectivity index (χ0v) is 14.5. The Labute approximate surface area is 152 Å². The van der Waals surface area contributed by atoms with Crippen LogP contribution in [0.4, 0.5) is 0 Å². The lowest BCUT2D eigenvalue weighted by Gasteiger charge is -2.15. The minimum absolute atomic E-state index is 0.00864. The number of aromatic amines is 1. The third-order valence-corrected chi connectivity index (χ3v) is 4.48. The van der Waals surface area contributed by atoms with Crippen molar-refractivity contribution in [1.29, 1.82) is 0 Å². The molecule has 5 N–H and O–H groups in total. The number of aliphatic hydroxyl groups excluding tert-OH is 1. The Morgan fingerprint density at radius 2 is 2.22 bits per heavy atom. The van der Waals surface area contributed by atoms with Gasteiger partial charge >= 0.3 is 11.7 Å². The van der Waals surface area contributed by atoms with E-state index in [1.165, 1.54) is 15.4 Å². The van der Waals surface area contributed by atoms with E-state index in [1.54, 1.807) is 13.1 Å². The number of aliphatic carboxylic acids is 1. The number of ether oxygens (including phenoxy) is 1. The first-order chi connectivity index (χ1) is 12.8. The van der Waals surface area contributed by atoms with Crippen molar-refractivity contribution in [3.63, 3.8) is 0 Å². The number of nitrogens with zero attached hydrogens (tertiary/aromatic N) is 4. The molecule has 1 fully saturated rings. The number of carboxylic acids is 1. The number of hydrogen-bond donors (Lipinski definition) is 4. The summed E-state index contributed by atoms with van der Waals surface area (Å²) in [5, 5.41) is 26.4. The number of aromatic nitrogens is 5. The molecule has 146 valence electrons. The van der Waals surface area contributed by atoms with E-state index in [4.69, 9.17) is 15.6 Å². The van der Waals surface area contributed by atoms with Crippen LogP contribution in [0.25, 0.3) is 0 Å². The lowest BCUT2D eigenvalue weighted by atomic mass is 10.1. The number of carboxylic acid groups (broad SMARTS) is 1. The van der Waals surface area contributed by atoms with Crippen molar-refractivity contribution in [2.45, 2.75) is 44.2 Å². The highest BCUT2D eigenvalue weighted by Crippen LogP contribution is 2.35. The highest BCUT2D eigenvalue weighted by molar-refractivity contribution is 5.73. The molecule has 0 spiro atoms. The van der Waals surface area contributed by atoms with Crippen LogP contribution in [0.1, 0.15) is 29.9 Å². The smallest absolute Gasteiger partial charge is 0.330 e. The van der Waals surface area contributed by atoms with Crippen molar-refractivity contribution in [2.75, 3.05) is 6.61 Å². The maximum atomic E-state index is 12.1. The standard InChI is InChI=1S/C15H20N6O6/c1-7-4-20(15(26)17-13(7)23)12-3-10(11(6-22)27-12)21-5-8(18-19-21)2-9(16)14(24)25/h4-5,9-12,22H,2-3,6,16H2,1H3,(H,24,25)(H,17,23,26)/t9-,10-,11+,12+/m0/s1. The van der Waals surface area contributed by atoms with Crippen molar-refractivity contribution in [3.05, 3.63) is 44.5 Å². The summed E-state index contributed by atoms with van der Waals surface area (Å²) in [6, 6.07) is -1.53. The van der Waals surface area contributed by atoms with E-state index in [0.29, 0.717) is 17.7 Å². The van der Waals surface area contributed by atoms with Crippen LogP contribution in [0.5, 0.6) is 0 Å². The van der Waals surface area contributed by atoms with Crippen molar-refractivity contribution >= 4 is 5.97 Å². The average Bonchev–Trinajstić information content (AvgIpc) is 3.24. The zero-order chi connectivity index (χ0) is 19.7. The summed E-state index contributed by atoms with van der Waals surface area (Å²) in [6.07, 6.45) is 1.89. The first-order valence-electron chi connectivity index (χ1n) is 8.27. The first-order valence-corrected chi connectivity index (χ1v) is 8.27. The molecule has 2 aromatic rings. The highest BCUT2D eigenvalue weighted by atomic mass is 16.5. The Kier molecular flexibility index (Phi) is 5.21. The second-order valence-corrected chi connectivity index (χ2v) is 6.43. The lowest BCUT2D eigenvalue weighted by Crippen LogP contribution is -2.33. The molecule has 1 saturated heterocycles. The molecule has 12 heteroatoms. The molecular formula is C15H20N6O6. The molecule has 2 aromatic heterocycles. The van der Waals surface area contributed by atoms with Gasteiger partial charge in [0.05, 0.1) is 18.3 Å². The number of carbonyl (C=O) groups is 1. The molecule has 0 saturated carbocycles. The number of nitrogens with two attached hydrogens (primary N) is 1. The van der Waals surface area contributed by atoms with E-state index in [1.807, 2.05) is 0 Å². The van der Waals surface area contributed by atoms with E-state index in [9.17, 15) is 19.5 Å². The minimum atomic E-state index is -1.14. The normalized spacial score (nSPS) is 23.4. The van der Waals surface area contributed by atoms with Gasteiger partial charge in [-0.1, -0.05) is 5.21 Å². The monoisotopic (exact) mass is 380 g/mol. The van der Waals surface area contributed by atoms with Gasteiger partial charge in [-0.25, -0.2) is 9.48 Å². The summed E-state index contributed by atoms with van der Waals surface area (Å²) in [5.74, 6) is -1.14. The molecule has 3 rings (SSSR count). The van der Waals surface area contributed by atoms with Gasteiger partial charge in [0, 0.05) is 30.8 Å². The van der Waals surface area contributed by atoms with Gasteiger partial charge in [-0.3, -0.25) is 19.1 Å². The number of aliphatic hydroxyl groups is 1. The zero-order valence-electron chi connectivity index (χ0n) is 14.5. The third kappa shape index (κ3) is 3.82. The van der Waals surface area contributed by atoms with Crippen LogP contribution in [-0.4, -0.2) is 59.5 Å². The molecule has 0 amide bonds. The van der Waals surface area contributed by atoms with E-state index in [0.717, 1.165) is 0 Å². The molecule has 4 atom stereocenters. The molecule has 0 aliphatic carbocycles. The summed E-state index contributed by atoms with van der Waals surface area (Å²) in [7, 11) is 0. The summed E-state index contributed by atoms with van der Waals surface area (Å²) < 4.78 is 8.48. The minimum Gasteiger partial charge on any atom is -0.480 e. The maximum absolute atomic E-state index is 12.1. The van der Waals surface area contributed by atoms with Crippen molar-refractivity contribution in [2.24, 2.45) is 5.73 Å². The molecule has 3 heterocycles. The molecule has 1 aliphatic rings. The van der Waals surface area contributed by atoms with Crippen LogP contribution < -0.4 is 17.0 Å². The van der Waals surface area contributed by atoms with Crippen LogP contribution in [0.3, 0.4) is 0 Å². The number of hydrogen-bond acceptors (Lipinski definition) is 8. The Hall–Kier alpha value is -2.83. The van der Waals surface area contributed by atoms with Crippen molar-refractivity contribution < 1.29 is 19.7 Å². The number of rotatable bonds is 6. The average molecular weight is 380 g/mol. The quantitative estimate of drug-likeness (QED) is 0.437. The highest BCUT2D eigenvalue weighted by Gasteiger charge is 2.38. The number of H-pyrrole nitrogens is 1. The number of nitrogens with one attached hydrogen (secondary N) is 1. The van der Waals surface area contributed by atoms with Crippen LogP contribution in [-0.2, 0) is 16.0 Å². The predicted molar refractivity (Wildman–Crippen MR) is 90.0 cm³/mol. The Morgan fingerprint density at radius 3 is 2.89 bits per heavy atom. The van der Waals surface area contributed by atoms with Gasteiger partial charge in [0.2, 0.25) is 0 Å². The van der Waals surface area contributed by atoms with Gasteiger partial charge in [0.1, 0.15) is 18.4 Å². The lowest BCUT2D eigenvalue weighted by molar-refractivity contribution is -0.138. The van der Waals surface area contributed by atoms with Crippen LogP contribution in [0.2, 0.25) is 0 Å². The second kappa shape index (κ2) is 7.42. The Balaban J connectivity index is 1.82. The molecule has 0 radical (unpaired) electrons.